The fraction of sp³-hybridized carbons (Fsp3) is 0.538. The van der Waals surface area contributed by atoms with Gasteiger partial charge in [0.2, 0.25) is 5.91 Å². The van der Waals surface area contributed by atoms with E-state index in [1.54, 1.807) is 6.33 Å². The van der Waals surface area contributed by atoms with Gasteiger partial charge in [-0.3, -0.25) is 4.79 Å². The summed E-state index contributed by atoms with van der Waals surface area (Å²) < 4.78 is 0. The fourth-order valence-electron chi connectivity index (χ4n) is 2.30. The molecule has 2 rings (SSSR count). The van der Waals surface area contributed by atoms with Crippen molar-refractivity contribution in [1.82, 2.24) is 14.9 Å². The van der Waals surface area contributed by atoms with Crippen molar-refractivity contribution in [2.75, 3.05) is 6.54 Å². The van der Waals surface area contributed by atoms with Gasteiger partial charge in [0.25, 0.3) is 0 Å². The zero-order chi connectivity index (χ0) is 16.2. The number of hydrogen-bond acceptors (Lipinski definition) is 4. The summed E-state index contributed by atoms with van der Waals surface area (Å²) >= 11 is 0. The van der Waals surface area contributed by atoms with Crippen molar-refractivity contribution >= 4 is 17.8 Å². The lowest BCUT2D eigenvalue weighted by atomic mass is 9.90. The van der Waals surface area contributed by atoms with Crippen molar-refractivity contribution in [1.29, 1.82) is 0 Å². The number of carboxylic acids is 2. The van der Waals surface area contributed by atoms with Crippen LogP contribution in [0.2, 0.25) is 0 Å². The summed E-state index contributed by atoms with van der Waals surface area (Å²) in [5, 5.41) is 14.8. The number of aromatic nitrogens is 2. The highest BCUT2D eigenvalue weighted by Crippen LogP contribution is 2.33. The van der Waals surface area contributed by atoms with Gasteiger partial charge < -0.3 is 20.1 Å². The number of aliphatic carboxylic acids is 2. The average molecular weight is 297 g/mol. The van der Waals surface area contributed by atoms with E-state index in [9.17, 15) is 4.79 Å². The molecule has 0 radical (unpaired) electrons. The minimum absolute atomic E-state index is 0.202. The molecule has 1 aromatic rings. The Balaban J connectivity index is 0.000000315. The summed E-state index contributed by atoms with van der Waals surface area (Å²) in [6.45, 7) is 6.80. The first-order chi connectivity index (χ1) is 9.71. The summed E-state index contributed by atoms with van der Waals surface area (Å²) in [5.41, 5.74) is 1.90. The van der Waals surface area contributed by atoms with Crippen LogP contribution in [0.25, 0.3) is 0 Å². The second kappa shape index (κ2) is 6.38. The van der Waals surface area contributed by atoms with E-state index in [1.807, 2.05) is 11.8 Å². The molecule has 0 atom stereocenters. The minimum Gasteiger partial charge on any atom is -0.473 e. The molecule has 3 N–H and O–H groups in total. The molecule has 0 saturated carbocycles. The Kier molecular flexibility index (Phi) is 5.07. The summed E-state index contributed by atoms with van der Waals surface area (Å²) in [5.74, 6) is -3.45. The van der Waals surface area contributed by atoms with Crippen molar-refractivity contribution < 1.29 is 24.6 Å². The first-order valence-electron chi connectivity index (χ1n) is 6.51. The van der Waals surface area contributed by atoms with Gasteiger partial charge in [-0.05, 0) is 13.8 Å². The van der Waals surface area contributed by atoms with E-state index in [2.05, 4.69) is 23.8 Å². The van der Waals surface area contributed by atoms with Gasteiger partial charge in [0, 0.05) is 25.1 Å². The number of amides is 1. The van der Waals surface area contributed by atoms with Crippen LogP contribution in [0.3, 0.4) is 0 Å². The van der Waals surface area contributed by atoms with Crippen LogP contribution in [-0.2, 0) is 26.3 Å². The molecule has 1 aliphatic rings. The van der Waals surface area contributed by atoms with Crippen molar-refractivity contribution in [2.45, 2.75) is 39.2 Å². The summed E-state index contributed by atoms with van der Waals surface area (Å²) in [6, 6.07) is 0. The number of carboxylic acid groups (broad SMARTS) is 2. The normalized spacial score (nSPS) is 15.5. The van der Waals surface area contributed by atoms with E-state index in [-0.39, 0.29) is 11.4 Å². The second-order valence-electron chi connectivity index (χ2n) is 5.05. The number of fused-ring (bicyclic) bond motifs is 1. The van der Waals surface area contributed by atoms with Gasteiger partial charge in [0.1, 0.15) is 0 Å². The molecular formula is C13H19N3O5. The molecule has 0 aromatic carbocycles. The lowest BCUT2D eigenvalue weighted by molar-refractivity contribution is -0.159. The molecule has 116 valence electrons. The highest BCUT2D eigenvalue weighted by atomic mass is 16.4. The topological polar surface area (TPSA) is 124 Å². The molecule has 1 amide bonds. The van der Waals surface area contributed by atoms with E-state index in [0.717, 1.165) is 18.7 Å². The first kappa shape index (κ1) is 16.7. The van der Waals surface area contributed by atoms with Crippen LogP contribution in [-0.4, -0.2) is 49.5 Å². The van der Waals surface area contributed by atoms with E-state index in [0.29, 0.717) is 6.42 Å². The Morgan fingerprint density at radius 2 is 1.90 bits per heavy atom. The Hall–Kier alpha value is -2.38. The largest absolute Gasteiger partial charge is 0.473 e. The maximum atomic E-state index is 11.8. The molecule has 0 unspecified atom stereocenters. The van der Waals surface area contributed by atoms with Crippen LogP contribution < -0.4 is 0 Å². The molecule has 0 aliphatic carbocycles. The SMILES string of the molecule is CCC(=O)N1CCc2[nH]cnc2C1(C)C.O=C(O)C(=O)O. The number of hydrogen-bond donors (Lipinski definition) is 3. The van der Waals surface area contributed by atoms with Crippen LogP contribution >= 0.6 is 0 Å². The zero-order valence-electron chi connectivity index (χ0n) is 12.2. The molecule has 1 aromatic heterocycles. The first-order valence-corrected chi connectivity index (χ1v) is 6.51. The Bertz CT molecular complexity index is 538. The van der Waals surface area contributed by atoms with Gasteiger partial charge >= 0.3 is 11.9 Å². The van der Waals surface area contributed by atoms with Gasteiger partial charge in [-0.25, -0.2) is 14.6 Å². The molecular weight excluding hydrogens is 278 g/mol. The van der Waals surface area contributed by atoms with Crippen molar-refractivity contribution in [3.05, 3.63) is 17.7 Å². The predicted molar refractivity (Wildman–Crippen MR) is 72.6 cm³/mol. The van der Waals surface area contributed by atoms with E-state index in [1.165, 1.54) is 5.69 Å². The smallest absolute Gasteiger partial charge is 0.414 e. The van der Waals surface area contributed by atoms with Gasteiger partial charge in [-0.1, -0.05) is 6.92 Å². The van der Waals surface area contributed by atoms with Crippen LogP contribution in [0.5, 0.6) is 0 Å². The highest BCUT2D eigenvalue weighted by Gasteiger charge is 2.38. The fourth-order valence-corrected chi connectivity index (χ4v) is 2.30. The molecule has 0 spiro atoms. The number of nitrogens with one attached hydrogen (secondary N) is 1. The predicted octanol–water partition coefficient (Wildman–Crippen LogP) is 0.595. The standard InChI is InChI=1S/C11H17N3O.C2H2O4/c1-4-9(15)14-6-5-8-10(11(14,2)3)13-7-12-8;3-1(4)2(5)6/h7H,4-6H2,1-3H3,(H,12,13);(H,3,4)(H,5,6). The Morgan fingerprint density at radius 3 is 2.38 bits per heavy atom. The summed E-state index contributed by atoms with van der Waals surface area (Å²) in [6.07, 6.45) is 3.15. The van der Waals surface area contributed by atoms with Gasteiger partial charge in [0.05, 0.1) is 17.6 Å². The van der Waals surface area contributed by atoms with Crippen molar-refractivity contribution in [2.24, 2.45) is 0 Å². The number of rotatable bonds is 1. The number of aromatic amines is 1. The summed E-state index contributed by atoms with van der Waals surface area (Å²) in [4.78, 5) is 39.4. The van der Waals surface area contributed by atoms with E-state index < -0.39 is 11.9 Å². The molecule has 0 saturated heterocycles. The molecule has 2 heterocycles. The van der Waals surface area contributed by atoms with Gasteiger partial charge in [-0.15, -0.1) is 0 Å². The Labute approximate surface area is 121 Å². The lowest BCUT2D eigenvalue weighted by Gasteiger charge is -2.41. The van der Waals surface area contributed by atoms with Crippen LogP contribution in [0, 0.1) is 0 Å². The highest BCUT2D eigenvalue weighted by molar-refractivity contribution is 6.27. The third kappa shape index (κ3) is 3.59. The Morgan fingerprint density at radius 1 is 1.33 bits per heavy atom. The number of carbonyl (C=O) groups excluding carboxylic acids is 1. The van der Waals surface area contributed by atoms with Crippen LogP contribution in [0.4, 0.5) is 0 Å². The van der Waals surface area contributed by atoms with Crippen LogP contribution in [0.15, 0.2) is 6.33 Å². The maximum absolute atomic E-state index is 11.8. The molecule has 8 nitrogen and oxygen atoms in total. The number of imidazole rings is 1. The second-order valence-corrected chi connectivity index (χ2v) is 5.05. The number of nitrogens with zero attached hydrogens (tertiary/aromatic N) is 2. The number of H-pyrrole nitrogens is 1. The van der Waals surface area contributed by atoms with Crippen molar-refractivity contribution in [3.8, 4) is 0 Å². The van der Waals surface area contributed by atoms with Crippen LogP contribution in [0.1, 0.15) is 38.6 Å². The lowest BCUT2D eigenvalue weighted by Crippen LogP contribution is -2.49. The molecule has 0 bridgehead atoms. The molecule has 8 heteroatoms. The number of carbonyl (C=O) groups is 3. The average Bonchev–Trinajstić information content (AvgIpc) is 2.88. The quantitative estimate of drug-likeness (QED) is 0.652. The molecule has 1 aliphatic heterocycles. The van der Waals surface area contributed by atoms with E-state index >= 15 is 0 Å². The molecule has 21 heavy (non-hydrogen) atoms. The summed E-state index contributed by atoms with van der Waals surface area (Å²) in [7, 11) is 0. The maximum Gasteiger partial charge on any atom is 0.414 e. The minimum atomic E-state index is -1.82. The molecule has 0 fully saturated rings. The van der Waals surface area contributed by atoms with E-state index in [4.69, 9.17) is 19.8 Å². The van der Waals surface area contributed by atoms with Gasteiger partial charge in [-0.2, -0.15) is 0 Å². The third-order valence-electron chi connectivity index (χ3n) is 3.34. The van der Waals surface area contributed by atoms with Gasteiger partial charge in [0.15, 0.2) is 0 Å². The monoisotopic (exact) mass is 297 g/mol. The third-order valence-corrected chi connectivity index (χ3v) is 3.34. The zero-order valence-corrected chi connectivity index (χ0v) is 12.2. The van der Waals surface area contributed by atoms with Crippen molar-refractivity contribution in [3.63, 3.8) is 0 Å².